The first-order chi connectivity index (χ1) is 10.9. The van der Waals surface area contributed by atoms with Crippen LogP contribution in [0.2, 0.25) is 5.02 Å². The second-order valence-corrected chi connectivity index (χ2v) is 5.44. The zero-order valence-corrected chi connectivity index (χ0v) is 13.9. The van der Waals surface area contributed by atoms with Crippen LogP contribution in [0, 0.1) is 5.82 Å². The number of nitrogens with one attached hydrogen (secondary N) is 1. The van der Waals surface area contributed by atoms with Gasteiger partial charge in [-0.1, -0.05) is 11.6 Å². The van der Waals surface area contributed by atoms with Crippen molar-refractivity contribution in [1.82, 2.24) is 0 Å². The number of esters is 1. The Balaban J connectivity index is 1.81. The first-order valence-corrected chi connectivity index (χ1v) is 7.46. The highest BCUT2D eigenvalue weighted by atomic mass is 79.9. The Morgan fingerprint density at radius 2 is 2.13 bits per heavy atom. The van der Waals surface area contributed by atoms with E-state index >= 15 is 0 Å². The zero-order valence-electron chi connectivity index (χ0n) is 11.5. The summed E-state index contributed by atoms with van der Waals surface area (Å²) >= 11 is 8.89. The predicted molar refractivity (Wildman–Crippen MR) is 86.4 cm³/mol. The topological polar surface area (TPSA) is 68.5 Å². The number of rotatable bonds is 5. The van der Waals surface area contributed by atoms with Crippen molar-refractivity contribution < 1.29 is 23.1 Å². The Morgan fingerprint density at radius 3 is 2.78 bits per heavy atom. The monoisotopic (exact) mass is 401 g/mol. The second kappa shape index (κ2) is 7.94. The van der Waals surface area contributed by atoms with E-state index in [0.29, 0.717) is 10.4 Å². The fourth-order valence-corrected chi connectivity index (χ4v) is 2.06. The molecule has 0 saturated carbocycles. The van der Waals surface area contributed by atoms with Gasteiger partial charge in [0.2, 0.25) is 0 Å². The van der Waals surface area contributed by atoms with Gasteiger partial charge in [-0.15, -0.1) is 0 Å². The molecule has 1 heterocycles. The molecule has 0 saturated heterocycles. The van der Waals surface area contributed by atoms with Gasteiger partial charge in [0.1, 0.15) is 11.6 Å². The lowest BCUT2D eigenvalue weighted by Crippen LogP contribution is -2.20. The molecule has 5 nitrogen and oxygen atoms in total. The molecule has 1 N–H and O–H groups in total. The minimum atomic E-state index is -0.710. The average Bonchev–Trinajstić information content (AvgIpc) is 2.91. The standard InChI is InChI=1S/C15H10BrClFNO4/c16-13-5-2-10(23-13)3-6-15(21)22-8-14(20)19-12-4-1-9(18)7-11(12)17/h1-7H,8H2,(H,19,20). The summed E-state index contributed by atoms with van der Waals surface area (Å²) in [6, 6.07) is 6.85. The van der Waals surface area contributed by atoms with E-state index in [9.17, 15) is 14.0 Å². The lowest BCUT2D eigenvalue weighted by Gasteiger charge is -2.07. The maximum Gasteiger partial charge on any atom is 0.331 e. The summed E-state index contributed by atoms with van der Waals surface area (Å²) in [7, 11) is 0. The predicted octanol–water partition coefficient (Wildman–Crippen LogP) is 4.03. The second-order valence-electron chi connectivity index (χ2n) is 4.26. The van der Waals surface area contributed by atoms with Gasteiger partial charge >= 0.3 is 5.97 Å². The molecular weight excluding hydrogens is 393 g/mol. The Morgan fingerprint density at radius 1 is 1.35 bits per heavy atom. The molecule has 0 aliphatic heterocycles. The molecular formula is C15H10BrClFNO4. The quantitative estimate of drug-likeness (QED) is 0.606. The van der Waals surface area contributed by atoms with Crippen molar-refractivity contribution >= 4 is 51.2 Å². The molecule has 2 aromatic rings. The number of furan rings is 1. The fraction of sp³-hybridized carbons (Fsp3) is 0.0667. The van der Waals surface area contributed by atoms with Crippen LogP contribution in [0.15, 0.2) is 45.5 Å². The van der Waals surface area contributed by atoms with E-state index < -0.39 is 24.3 Å². The molecule has 120 valence electrons. The van der Waals surface area contributed by atoms with Gasteiger partial charge < -0.3 is 14.5 Å². The van der Waals surface area contributed by atoms with Crippen LogP contribution in [0.4, 0.5) is 10.1 Å². The maximum atomic E-state index is 12.9. The van der Waals surface area contributed by atoms with E-state index in [1.54, 1.807) is 12.1 Å². The Kier molecular flexibility index (Phi) is 5.95. The van der Waals surface area contributed by atoms with Gasteiger partial charge in [0, 0.05) is 6.08 Å². The van der Waals surface area contributed by atoms with Crippen molar-refractivity contribution in [3.63, 3.8) is 0 Å². The first-order valence-electron chi connectivity index (χ1n) is 6.29. The molecule has 0 fully saturated rings. The largest absolute Gasteiger partial charge is 0.452 e. The van der Waals surface area contributed by atoms with E-state index in [0.717, 1.165) is 18.2 Å². The molecule has 8 heteroatoms. The van der Waals surface area contributed by atoms with Gasteiger partial charge in [0.15, 0.2) is 11.3 Å². The Hall–Kier alpha value is -2.12. The number of anilines is 1. The van der Waals surface area contributed by atoms with E-state index in [2.05, 4.69) is 21.2 Å². The minimum absolute atomic E-state index is 0.0490. The van der Waals surface area contributed by atoms with Crippen LogP contribution < -0.4 is 5.32 Å². The summed E-state index contributed by atoms with van der Waals surface area (Å²) in [5, 5.41) is 2.46. The highest BCUT2D eigenvalue weighted by Gasteiger charge is 2.09. The Bertz CT molecular complexity index is 760. The molecule has 0 aliphatic carbocycles. The van der Waals surface area contributed by atoms with Gasteiger partial charge in [0.05, 0.1) is 10.7 Å². The molecule has 1 aromatic carbocycles. The number of benzene rings is 1. The van der Waals surface area contributed by atoms with Crippen molar-refractivity contribution in [2.24, 2.45) is 0 Å². The number of hydrogen-bond acceptors (Lipinski definition) is 4. The van der Waals surface area contributed by atoms with Crippen LogP contribution in [0.5, 0.6) is 0 Å². The molecule has 0 spiro atoms. The van der Waals surface area contributed by atoms with Crippen molar-refractivity contribution in [1.29, 1.82) is 0 Å². The van der Waals surface area contributed by atoms with E-state index in [-0.39, 0.29) is 10.7 Å². The van der Waals surface area contributed by atoms with Gasteiger partial charge in [-0.2, -0.15) is 0 Å². The molecule has 0 radical (unpaired) electrons. The summed E-state index contributed by atoms with van der Waals surface area (Å²) in [6.07, 6.45) is 2.53. The van der Waals surface area contributed by atoms with Crippen LogP contribution in [0.3, 0.4) is 0 Å². The van der Waals surface area contributed by atoms with E-state index in [4.69, 9.17) is 20.8 Å². The molecule has 0 aliphatic rings. The Labute approximate surface area is 144 Å². The highest BCUT2D eigenvalue weighted by Crippen LogP contribution is 2.22. The first kappa shape index (κ1) is 17.2. The summed E-state index contributed by atoms with van der Waals surface area (Å²) in [5.74, 6) is -1.37. The van der Waals surface area contributed by atoms with Crippen molar-refractivity contribution in [3.05, 3.63) is 57.7 Å². The molecule has 0 atom stereocenters. The molecule has 1 amide bonds. The lowest BCUT2D eigenvalue weighted by atomic mass is 10.3. The summed E-state index contributed by atoms with van der Waals surface area (Å²) in [6.45, 7) is -0.501. The number of carbonyl (C=O) groups is 2. The molecule has 2 rings (SSSR count). The van der Waals surface area contributed by atoms with Crippen LogP contribution in [0.1, 0.15) is 5.76 Å². The highest BCUT2D eigenvalue weighted by molar-refractivity contribution is 9.10. The zero-order chi connectivity index (χ0) is 16.8. The van der Waals surface area contributed by atoms with E-state index in [1.807, 2.05) is 0 Å². The third-order valence-electron chi connectivity index (χ3n) is 2.53. The van der Waals surface area contributed by atoms with Crippen molar-refractivity contribution in [3.8, 4) is 0 Å². The normalized spacial score (nSPS) is 10.7. The summed E-state index contributed by atoms with van der Waals surface area (Å²) in [5.41, 5.74) is 0.227. The number of hydrogen-bond donors (Lipinski definition) is 1. The average molecular weight is 403 g/mol. The SMILES string of the molecule is O=C(COC(=O)C=Cc1ccc(Br)o1)Nc1ccc(F)cc1Cl. The molecule has 1 aromatic heterocycles. The van der Waals surface area contributed by atoms with Gasteiger partial charge in [-0.25, -0.2) is 9.18 Å². The van der Waals surface area contributed by atoms with Crippen LogP contribution in [-0.2, 0) is 14.3 Å². The third-order valence-corrected chi connectivity index (χ3v) is 3.27. The molecule has 0 bridgehead atoms. The lowest BCUT2D eigenvalue weighted by molar-refractivity contribution is -0.142. The van der Waals surface area contributed by atoms with Crippen LogP contribution in [-0.4, -0.2) is 18.5 Å². The molecule has 0 unspecified atom stereocenters. The van der Waals surface area contributed by atoms with Gasteiger partial charge in [-0.3, -0.25) is 4.79 Å². The fourth-order valence-electron chi connectivity index (χ4n) is 1.53. The smallest absolute Gasteiger partial charge is 0.331 e. The summed E-state index contributed by atoms with van der Waals surface area (Å²) in [4.78, 5) is 23.1. The number of halogens is 3. The van der Waals surface area contributed by atoms with Gasteiger partial charge in [-0.05, 0) is 52.3 Å². The maximum absolute atomic E-state index is 12.9. The van der Waals surface area contributed by atoms with Crippen molar-refractivity contribution in [2.75, 3.05) is 11.9 Å². The van der Waals surface area contributed by atoms with Crippen LogP contribution >= 0.6 is 27.5 Å². The van der Waals surface area contributed by atoms with E-state index in [1.165, 1.54) is 12.1 Å². The number of ether oxygens (including phenoxy) is 1. The molecule has 23 heavy (non-hydrogen) atoms. The number of carbonyl (C=O) groups excluding carboxylic acids is 2. The minimum Gasteiger partial charge on any atom is -0.452 e. The van der Waals surface area contributed by atoms with Crippen molar-refractivity contribution in [2.45, 2.75) is 0 Å². The number of amides is 1. The third kappa shape index (κ3) is 5.54. The van der Waals surface area contributed by atoms with Crippen LogP contribution in [0.25, 0.3) is 6.08 Å². The van der Waals surface area contributed by atoms with Gasteiger partial charge in [0.25, 0.3) is 5.91 Å². The summed E-state index contributed by atoms with van der Waals surface area (Å²) < 4.78 is 23.3.